The molecule has 0 saturated heterocycles. The van der Waals surface area contributed by atoms with Gasteiger partial charge in [0.1, 0.15) is 0 Å². The number of carbonyl (C=O) groups excluding carboxylic acids is 2. The van der Waals surface area contributed by atoms with Gasteiger partial charge in [-0.1, -0.05) is 40.9 Å². The Labute approximate surface area is 162 Å². The van der Waals surface area contributed by atoms with Crippen LogP contribution in [0, 0.1) is 17.0 Å². The van der Waals surface area contributed by atoms with E-state index in [1.165, 1.54) is 37.3 Å². The van der Waals surface area contributed by atoms with Crippen LogP contribution in [-0.4, -0.2) is 23.4 Å². The van der Waals surface area contributed by atoms with Gasteiger partial charge in [0.15, 0.2) is 6.61 Å². The number of rotatable bonds is 5. The largest absolute Gasteiger partial charge is 0.452 e. The Morgan fingerprint density at radius 2 is 1.81 bits per heavy atom. The Balaban J connectivity index is 2.04. The van der Waals surface area contributed by atoms with Crippen LogP contribution in [0.2, 0.25) is 15.1 Å². The molecule has 0 spiro atoms. The van der Waals surface area contributed by atoms with Gasteiger partial charge in [0.05, 0.1) is 31.2 Å². The van der Waals surface area contributed by atoms with Gasteiger partial charge in [-0.05, 0) is 25.1 Å². The molecule has 1 amide bonds. The zero-order valence-electron chi connectivity index (χ0n) is 13.2. The standard InChI is InChI=1S/C16H11Cl3N2O5/c1-8-9(3-2-4-14(8)21(24)25)16(23)26-7-15(22)20-13-6-11(18)10(17)5-12(13)19/h2-6H,7H2,1H3,(H,20,22). The highest BCUT2D eigenvalue weighted by Gasteiger charge is 2.20. The number of hydrogen-bond acceptors (Lipinski definition) is 5. The second-order valence-electron chi connectivity index (χ2n) is 5.08. The fraction of sp³-hybridized carbons (Fsp3) is 0.125. The lowest BCUT2D eigenvalue weighted by molar-refractivity contribution is -0.385. The molecular weight excluding hydrogens is 407 g/mol. The molecule has 10 heteroatoms. The molecular formula is C16H11Cl3N2O5. The van der Waals surface area contributed by atoms with E-state index in [0.717, 1.165) is 0 Å². The molecule has 2 aromatic rings. The summed E-state index contributed by atoms with van der Waals surface area (Å²) in [6.45, 7) is 0.807. The average molecular weight is 418 g/mol. The fourth-order valence-corrected chi connectivity index (χ4v) is 2.65. The zero-order chi connectivity index (χ0) is 19.4. The van der Waals surface area contributed by atoms with Crippen molar-refractivity contribution in [2.75, 3.05) is 11.9 Å². The monoisotopic (exact) mass is 416 g/mol. The third-order valence-electron chi connectivity index (χ3n) is 3.34. The molecule has 0 aliphatic heterocycles. The number of halogens is 3. The highest BCUT2D eigenvalue weighted by atomic mass is 35.5. The molecule has 0 aromatic heterocycles. The van der Waals surface area contributed by atoms with Gasteiger partial charge < -0.3 is 10.1 Å². The van der Waals surface area contributed by atoms with E-state index >= 15 is 0 Å². The Hall–Kier alpha value is -2.35. The van der Waals surface area contributed by atoms with E-state index in [1.807, 2.05) is 0 Å². The predicted octanol–water partition coefficient (Wildman–Crippen LogP) is 4.66. The Kier molecular flexibility index (Phi) is 6.42. The molecule has 0 bridgehead atoms. The second-order valence-corrected chi connectivity index (χ2v) is 6.30. The first-order chi connectivity index (χ1) is 12.2. The summed E-state index contributed by atoms with van der Waals surface area (Å²) in [6.07, 6.45) is 0. The summed E-state index contributed by atoms with van der Waals surface area (Å²) in [5.41, 5.74) is 0.134. The summed E-state index contributed by atoms with van der Waals surface area (Å²) < 4.78 is 4.90. The van der Waals surface area contributed by atoms with Gasteiger partial charge in [0, 0.05) is 11.6 Å². The van der Waals surface area contributed by atoms with Crippen molar-refractivity contribution < 1.29 is 19.2 Å². The van der Waals surface area contributed by atoms with Crippen LogP contribution in [0.5, 0.6) is 0 Å². The summed E-state index contributed by atoms with van der Waals surface area (Å²) in [4.78, 5) is 34.3. The van der Waals surface area contributed by atoms with E-state index in [9.17, 15) is 19.7 Å². The molecule has 0 heterocycles. The molecule has 2 aromatic carbocycles. The van der Waals surface area contributed by atoms with E-state index in [-0.39, 0.29) is 37.6 Å². The van der Waals surface area contributed by atoms with Crippen molar-refractivity contribution >= 4 is 58.1 Å². The van der Waals surface area contributed by atoms with Crippen LogP contribution in [-0.2, 0) is 9.53 Å². The lowest BCUT2D eigenvalue weighted by Crippen LogP contribution is -2.21. The highest BCUT2D eigenvalue weighted by molar-refractivity contribution is 6.44. The first-order valence-corrected chi connectivity index (χ1v) is 8.19. The lowest BCUT2D eigenvalue weighted by atomic mass is 10.1. The van der Waals surface area contributed by atoms with Gasteiger partial charge in [0.25, 0.3) is 11.6 Å². The summed E-state index contributed by atoms with van der Waals surface area (Å²) in [7, 11) is 0. The van der Waals surface area contributed by atoms with Crippen LogP contribution in [0.25, 0.3) is 0 Å². The number of nitro benzene ring substituents is 1. The van der Waals surface area contributed by atoms with Crippen LogP contribution in [0.4, 0.5) is 11.4 Å². The molecule has 0 atom stereocenters. The number of ether oxygens (including phenoxy) is 1. The third-order valence-corrected chi connectivity index (χ3v) is 4.38. The summed E-state index contributed by atoms with van der Waals surface area (Å²) in [6, 6.07) is 6.72. The Morgan fingerprint density at radius 3 is 2.46 bits per heavy atom. The molecule has 0 saturated carbocycles. The number of nitro groups is 1. The molecule has 0 fully saturated rings. The van der Waals surface area contributed by atoms with Crippen LogP contribution in [0.15, 0.2) is 30.3 Å². The van der Waals surface area contributed by atoms with Gasteiger partial charge in [-0.3, -0.25) is 14.9 Å². The highest BCUT2D eigenvalue weighted by Crippen LogP contribution is 2.32. The molecule has 0 unspecified atom stereocenters. The Bertz CT molecular complexity index is 902. The van der Waals surface area contributed by atoms with Crippen LogP contribution < -0.4 is 5.32 Å². The second kappa shape index (κ2) is 8.35. The van der Waals surface area contributed by atoms with Crippen molar-refractivity contribution in [3.8, 4) is 0 Å². The van der Waals surface area contributed by atoms with E-state index in [1.54, 1.807) is 0 Å². The number of nitrogens with zero attached hydrogens (tertiary/aromatic N) is 1. The minimum atomic E-state index is -0.860. The predicted molar refractivity (Wildman–Crippen MR) is 98.2 cm³/mol. The molecule has 0 aliphatic carbocycles. The lowest BCUT2D eigenvalue weighted by Gasteiger charge is -2.10. The number of esters is 1. The van der Waals surface area contributed by atoms with Gasteiger partial charge in [-0.25, -0.2) is 4.79 Å². The number of benzene rings is 2. The minimum absolute atomic E-state index is 0.000398. The van der Waals surface area contributed by atoms with E-state index in [4.69, 9.17) is 39.5 Å². The SMILES string of the molecule is Cc1c(C(=O)OCC(=O)Nc2cc(Cl)c(Cl)cc2Cl)cccc1[N+](=O)[O-]. The van der Waals surface area contributed by atoms with Gasteiger partial charge in [-0.15, -0.1) is 0 Å². The van der Waals surface area contributed by atoms with Crippen LogP contribution in [0.1, 0.15) is 15.9 Å². The summed E-state index contributed by atoms with van der Waals surface area (Å²) >= 11 is 17.6. The van der Waals surface area contributed by atoms with Gasteiger partial charge >= 0.3 is 5.97 Å². The van der Waals surface area contributed by atoms with Crippen molar-refractivity contribution in [2.45, 2.75) is 6.92 Å². The number of nitrogens with one attached hydrogen (secondary N) is 1. The topological polar surface area (TPSA) is 98.5 Å². The molecule has 0 aliphatic rings. The fourth-order valence-electron chi connectivity index (χ4n) is 2.06. The molecule has 136 valence electrons. The van der Waals surface area contributed by atoms with Crippen molar-refractivity contribution in [3.63, 3.8) is 0 Å². The average Bonchev–Trinajstić information content (AvgIpc) is 2.57. The number of amides is 1. The molecule has 2 rings (SSSR count). The maximum absolute atomic E-state index is 12.1. The summed E-state index contributed by atoms with van der Waals surface area (Å²) in [5, 5.41) is 13.9. The maximum Gasteiger partial charge on any atom is 0.339 e. The minimum Gasteiger partial charge on any atom is -0.452 e. The maximum atomic E-state index is 12.1. The molecule has 26 heavy (non-hydrogen) atoms. The third kappa shape index (κ3) is 4.63. The van der Waals surface area contributed by atoms with E-state index in [0.29, 0.717) is 0 Å². The first-order valence-electron chi connectivity index (χ1n) is 7.06. The van der Waals surface area contributed by atoms with Crippen molar-refractivity contribution in [3.05, 3.63) is 66.6 Å². The van der Waals surface area contributed by atoms with Crippen molar-refractivity contribution in [2.24, 2.45) is 0 Å². The Morgan fingerprint density at radius 1 is 1.15 bits per heavy atom. The normalized spacial score (nSPS) is 10.3. The van der Waals surface area contributed by atoms with Crippen molar-refractivity contribution in [1.82, 2.24) is 0 Å². The smallest absolute Gasteiger partial charge is 0.339 e. The van der Waals surface area contributed by atoms with Gasteiger partial charge in [-0.2, -0.15) is 0 Å². The molecule has 7 nitrogen and oxygen atoms in total. The molecule has 1 N–H and O–H groups in total. The van der Waals surface area contributed by atoms with E-state index < -0.39 is 23.4 Å². The summed E-state index contributed by atoms with van der Waals surface area (Å²) in [5.74, 6) is -1.52. The zero-order valence-corrected chi connectivity index (χ0v) is 15.5. The number of anilines is 1. The number of carbonyl (C=O) groups is 2. The van der Waals surface area contributed by atoms with Crippen LogP contribution in [0.3, 0.4) is 0 Å². The quantitative estimate of drug-likeness (QED) is 0.330. The molecule has 0 radical (unpaired) electrons. The van der Waals surface area contributed by atoms with Crippen LogP contribution >= 0.6 is 34.8 Å². The first kappa shape index (κ1) is 20.0. The van der Waals surface area contributed by atoms with Crippen molar-refractivity contribution in [1.29, 1.82) is 0 Å². The van der Waals surface area contributed by atoms with Gasteiger partial charge in [0.2, 0.25) is 0 Å². The van der Waals surface area contributed by atoms with E-state index in [2.05, 4.69) is 5.32 Å². The number of hydrogen-bond donors (Lipinski definition) is 1.